The first-order valence-electron chi connectivity index (χ1n) is 14.1. The zero-order valence-electron chi connectivity index (χ0n) is 25.6. The van der Waals surface area contributed by atoms with Gasteiger partial charge in [0.15, 0.2) is 0 Å². The van der Waals surface area contributed by atoms with Gasteiger partial charge < -0.3 is 28.4 Å². The summed E-state index contributed by atoms with van der Waals surface area (Å²) >= 11 is 0. The highest BCUT2D eigenvalue weighted by atomic mass is 28.4. The van der Waals surface area contributed by atoms with Gasteiger partial charge in [0.05, 0.1) is 21.3 Å². The van der Waals surface area contributed by atoms with Gasteiger partial charge in [-0.3, -0.25) is 0 Å². The van der Waals surface area contributed by atoms with Crippen LogP contribution in [-0.4, -0.2) is 36.8 Å². The van der Waals surface area contributed by atoms with E-state index in [0.29, 0.717) is 0 Å². The molecule has 0 aromatic heterocycles. The molecule has 0 radical (unpaired) electrons. The minimum absolute atomic E-state index is 0.812. The molecule has 5 aromatic carbocycles. The Kier molecular flexibility index (Phi) is 9.04. The molecule has 0 heterocycles. The summed E-state index contributed by atoms with van der Waals surface area (Å²) in [4.78, 5) is 4.46. The van der Waals surface area contributed by atoms with Gasteiger partial charge in [-0.2, -0.15) is 0 Å². The molecular formula is C36H38N2O4Si. The number of rotatable bonds is 11. The van der Waals surface area contributed by atoms with E-state index in [1.165, 1.54) is 5.19 Å². The van der Waals surface area contributed by atoms with Crippen molar-refractivity contribution in [1.82, 2.24) is 0 Å². The van der Waals surface area contributed by atoms with E-state index in [-0.39, 0.29) is 0 Å². The van der Waals surface area contributed by atoms with Crippen LogP contribution in [0.1, 0.15) is 0 Å². The number of hydrogen-bond donors (Lipinski definition) is 0. The van der Waals surface area contributed by atoms with Gasteiger partial charge in [0.25, 0.3) is 0 Å². The molecule has 0 aliphatic rings. The summed E-state index contributed by atoms with van der Waals surface area (Å²) in [6.45, 7) is 4.42. The maximum Gasteiger partial charge on any atom is 0.217 e. The summed E-state index contributed by atoms with van der Waals surface area (Å²) in [6, 6.07) is 41.6. The SMILES string of the molecule is COc1ccc(N(c2ccc(OC)cc2)c2ccc(N(c3ccc(OC)cc3)c3ccc([Si](C)(C)OC)cc3)cc2)cc1. The average molecular weight is 591 g/mol. The third-order valence-corrected chi connectivity index (χ3v) is 10.4. The van der Waals surface area contributed by atoms with Crippen LogP contribution in [-0.2, 0) is 4.43 Å². The van der Waals surface area contributed by atoms with Gasteiger partial charge in [0.1, 0.15) is 17.2 Å². The maximum absolute atomic E-state index is 5.85. The van der Waals surface area contributed by atoms with Gasteiger partial charge in [0, 0.05) is 41.2 Å². The number of benzene rings is 5. The standard InChI is InChI=1S/C36H38N2O4Si/c1-39-33-19-11-29(12-20-33)37(30-13-21-34(40-2)22-14-30)27-7-9-28(10-8-27)38(31-15-23-35(41-3)24-16-31)32-17-25-36(26-18-32)43(5,6)42-4/h7-26H,1-6H3. The highest BCUT2D eigenvalue weighted by molar-refractivity contribution is 6.84. The van der Waals surface area contributed by atoms with Crippen LogP contribution < -0.4 is 29.2 Å². The summed E-state index contributed by atoms with van der Waals surface area (Å²) in [5.41, 5.74) is 6.19. The van der Waals surface area contributed by atoms with Crippen molar-refractivity contribution >= 4 is 47.6 Å². The van der Waals surface area contributed by atoms with E-state index in [9.17, 15) is 0 Å². The van der Waals surface area contributed by atoms with Crippen molar-refractivity contribution in [2.75, 3.05) is 38.2 Å². The van der Waals surface area contributed by atoms with Crippen LogP contribution in [0.25, 0.3) is 0 Å². The highest BCUT2D eigenvalue weighted by Crippen LogP contribution is 2.40. The van der Waals surface area contributed by atoms with E-state index in [0.717, 1.165) is 51.4 Å². The third kappa shape index (κ3) is 6.53. The molecule has 43 heavy (non-hydrogen) atoms. The summed E-state index contributed by atoms with van der Waals surface area (Å²) in [5, 5.41) is 1.25. The molecular weight excluding hydrogens is 552 g/mol. The Labute approximate surface area is 255 Å². The van der Waals surface area contributed by atoms with Gasteiger partial charge in [-0.15, -0.1) is 0 Å². The Morgan fingerprint density at radius 2 is 0.605 bits per heavy atom. The zero-order chi connectivity index (χ0) is 30.4. The molecule has 0 unspecified atom stereocenters. The Bertz CT molecular complexity index is 1560. The average Bonchev–Trinajstić information content (AvgIpc) is 3.07. The minimum Gasteiger partial charge on any atom is -0.497 e. The topological polar surface area (TPSA) is 43.4 Å². The van der Waals surface area contributed by atoms with E-state index in [4.69, 9.17) is 18.6 Å². The monoisotopic (exact) mass is 590 g/mol. The fourth-order valence-electron chi connectivity index (χ4n) is 4.97. The van der Waals surface area contributed by atoms with Crippen LogP contribution in [0.15, 0.2) is 121 Å². The lowest BCUT2D eigenvalue weighted by Gasteiger charge is -2.29. The normalized spacial score (nSPS) is 11.1. The van der Waals surface area contributed by atoms with Gasteiger partial charge in [-0.1, -0.05) is 12.1 Å². The molecule has 5 rings (SSSR count). The first-order valence-corrected chi connectivity index (χ1v) is 17.1. The fraction of sp³-hybridized carbons (Fsp3) is 0.167. The predicted molar refractivity (Wildman–Crippen MR) is 180 cm³/mol. The van der Waals surface area contributed by atoms with Crippen LogP contribution in [0.3, 0.4) is 0 Å². The Morgan fingerprint density at radius 1 is 0.372 bits per heavy atom. The molecule has 5 aromatic rings. The summed E-state index contributed by atoms with van der Waals surface area (Å²) in [7, 11) is 4.90. The number of anilines is 6. The molecule has 0 saturated carbocycles. The largest absolute Gasteiger partial charge is 0.497 e. The molecule has 0 bridgehead atoms. The van der Waals surface area contributed by atoms with Crippen molar-refractivity contribution in [3.8, 4) is 17.2 Å². The first-order chi connectivity index (χ1) is 20.9. The molecule has 0 fully saturated rings. The molecule has 6 nitrogen and oxygen atoms in total. The second kappa shape index (κ2) is 13.1. The van der Waals surface area contributed by atoms with Gasteiger partial charge in [0.2, 0.25) is 8.32 Å². The van der Waals surface area contributed by atoms with Gasteiger partial charge >= 0.3 is 0 Å². The third-order valence-electron chi connectivity index (χ3n) is 7.69. The van der Waals surface area contributed by atoms with Crippen LogP contribution in [0, 0.1) is 0 Å². The van der Waals surface area contributed by atoms with Gasteiger partial charge in [-0.05, 0) is 127 Å². The van der Waals surface area contributed by atoms with Crippen LogP contribution >= 0.6 is 0 Å². The molecule has 0 aliphatic carbocycles. The summed E-state index contributed by atoms with van der Waals surface area (Å²) < 4.78 is 22.1. The zero-order valence-corrected chi connectivity index (χ0v) is 26.6. The van der Waals surface area contributed by atoms with Crippen molar-refractivity contribution in [2.45, 2.75) is 13.1 Å². The lowest BCUT2D eigenvalue weighted by molar-refractivity contribution is 0.414. The number of ether oxygens (including phenoxy) is 3. The van der Waals surface area contributed by atoms with Crippen molar-refractivity contribution in [2.24, 2.45) is 0 Å². The van der Waals surface area contributed by atoms with Gasteiger partial charge in [-0.25, -0.2) is 0 Å². The summed E-state index contributed by atoms with van der Waals surface area (Å²) in [5.74, 6) is 2.44. The van der Waals surface area contributed by atoms with E-state index < -0.39 is 8.32 Å². The van der Waals surface area contributed by atoms with Crippen LogP contribution in [0.5, 0.6) is 17.2 Å². The smallest absolute Gasteiger partial charge is 0.217 e. The second-order valence-electron chi connectivity index (χ2n) is 10.5. The van der Waals surface area contributed by atoms with Crippen molar-refractivity contribution < 1.29 is 18.6 Å². The first kappa shape index (κ1) is 29.8. The lowest BCUT2D eigenvalue weighted by Crippen LogP contribution is -2.43. The Hall–Kier alpha value is -4.72. The molecule has 0 atom stereocenters. The van der Waals surface area contributed by atoms with Crippen LogP contribution in [0.2, 0.25) is 13.1 Å². The van der Waals surface area contributed by atoms with E-state index in [2.05, 4.69) is 108 Å². The molecule has 7 heteroatoms. The fourth-order valence-corrected chi connectivity index (χ4v) is 6.17. The maximum atomic E-state index is 5.85. The number of hydrogen-bond acceptors (Lipinski definition) is 6. The van der Waals surface area contributed by atoms with Crippen molar-refractivity contribution in [1.29, 1.82) is 0 Å². The molecule has 0 saturated heterocycles. The molecule has 0 spiro atoms. The minimum atomic E-state index is -1.94. The van der Waals surface area contributed by atoms with E-state index in [1.54, 1.807) is 28.4 Å². The second-order valence-corrected chi connectivity index (χ2v) is 14.5. The lowest BCUT2D eigenvalue weighted by atomic mass is 10.1. The van der Waals surface area contributed by atoms with Crippen LogP contribution in [0.4, 0.5) is 34.1 Å². The van der Waals surface area contributed by atoms with E-state index in [1.807, 2.05) is 36.4 Å². The Balaban J connectivity index is 1.56. The molecule has 220 valence electrons. The molecule has 0 N–H and O–H groups in total. The van der Waals surface area contributed by atoms with E-state index >= 15 is 0 Å². The molecule has 0 aliphatic heterocycles. The molecule has 0 amide bonds. The highest BCUT2D eigenvalue weighted by Gasteiger charge is 2.24. The number of nitrogens with zero attached hydrogens (tertiary/aromatic N) is 2. The van der Waals surface area contributed by atoms with Crippen molar-refractivity contribution in [3.05, 3.63) is 121 Å². The van der Waals surface area contributed by atoms with Crippen molar-refractivity contribution in [3.63, 3.8) is 0 Å². The predicted octanol–water partition coefficient (Wildman–Crippen LogP) is 8.71. The quantitative estimate of drug-likeness (QED) is 0.143. The Morgan fingerprint density at radius 3 is 0.837 bits per heavy atom. The number of methoxy groups -OCH3 is 3. The summed E-state index contributed by atoms with van der Waals surface area (Å²) in [6.07, 6.45) is 0.